The van der Waals surface area contributed by atoms with E-state index in [2.05, 4.69) is 15.4 Å². The Morgan fingerprint density at radius 3 is 2.16 bits per heavy atom. The highest BCUT2D eigenvalue weighted by atomic mass is 32.2. The number of carbonyl (C=O) groups excluding carboxylic acids is 2. The van der Waals surface area contributed by atoms with Crippen molar-refractivity contribution in [3.05, 3.63) is 48.5 Å². The lowest BCUT2D eigenvalue weighted by molar-refractivity contribution is -0.222. The summed E-state index contributed by atoms with van der Waals surface area (Å²) in [6, 6.07) is 9.42. The maximum Gasteiger partial charge on any atom is 0.413 e. The monoisotopic (exact) mass is 567 g/mol. The van der Waals surface area contributed by atoms with Crippen LogP contribution in [0, 0.1) is 0 Å². The Morgan fingerprint density at radius 2 is 1.57 bits per heavy atom. The molecule has 2 rings (SSSR count). The Morgan fingerprint density at radius 1 is 0.946 bits per heavy atom. The molecule has 0 bridgehead atoms. The predicted molar refractivity (Wildman–Crippen MR) is 128 cm³/mol. The highest BCUT2D eigenvalue weighted by Gasteiger charge is 2.67. The molecular weight excluding hydrogens is 546 g/mol. The number of carboxylic acids is 1. The summed E-state index contributed by atoms with van der Waals surface area (Å²) in [4.78, 5) is 33.4. The number of thioether (sulfide) groups is 1. The van der Waals surface area contributed by atoms with Crippen molar-refractivity contribution in [2.45, 2.75) is 16.7 Å². The van der Waals surface area contributed by atoms with Gasteiger partial charge in [-0.2, -0.15) is 29.3 Å². The Kier molecular flexibility index (Phi) is 9.57. The topological polar surface area (TPSA) is 166 Å². The third kappa shape index (κ3) is 7.63. The van der Waals surface area contributed by atoms with Crippen LogP contribution in [0.2, 0.25) is 0 Å². The van der Waals surface area contributed by atoms with Crippen molar-refractivity contribution in [3.8, 4) is 0 Å². The number of rotatable bonds is 12. The third-order valence-electron chi connectivity index (χ3n) is 4.40. The molecule has 0 atom stereocenters. The van der Waals surface area contributed by atoms with Gasteiger partial charge in [-0.05, 0) is 48.7 Å². The van der Waals surface area contributed by atoms with Crippen molar-refractivity contribution in [1.82, 2.24) is 10.7 Å². The van der Waals surface area contributed by atoms with Gasteiger partial charge in [0.1, 0.15) is 0 Å². The molecule has 0 radical (unpaired) electrons. The molecule has 2 aromatic carbocycles. The average Bonchev–Trinajstić information content (AvgIpc) is 2.83. The largest absolute Gasteiger partial charge is 0.477 e. The molecule has 0 saturated carbocycles. The highest BCUT2D eigenvalue weighted by molar-refractivity contribution is 7.98. The minimum absolute atomic E-state index is 0.00721. The van der Waals surface area contributed by atoms with Crippen molar-refractivity contribution >= 4 is 56.8 Å². The smallest absolute Gasteiger partial charge is 0.413 e. The molecule has 0 unspecified atom stereocenters. The standard InChI is InChI=1S/C20H21F4N5O6S2/c1-36-10-9-25-18(33)26-14-3-2-4-15(11-14)37(34,35)29-13-7-5-12(6-8-13)27-28-16(30)19(21,22)20(23,24)17(31)32/h2-8,11,27,29H,9-10H2,1H3,(H,28,30)(H,31,32)(H2,25,26,33). The number of sulfonamides is 1. The van der Waals surface area contributed by atoms with Crippen LogP contribution >= 0.6 is 11.8 Å². The zero-order valence-corrected chi connectivity index (χ0v) is 20.5. The van der Waals surface area contributed by atoms with E-state index in [4.69, 9.17) is 5.11 Å². The zero-order chi connectivity index (χ0) is 27.9. The lowest BCUT2D eigenvalue weighted by Crippen LogP contribution is -2.57. The van der Waals surface area contributed by atoms with E-state index in [0.29, 0.717) is 12.3 Å². The summed E-state index contributed by atoms with van der Waals surface area (Å²) in [5.74, 6) is -16.3. The van der Waals surface area contributed by atoms with E-state index < -0.39 is 39.8 Å². The second-order valence-electron chi connectivity index (χ2n) is 7.12. The number of anilines is 3. The van der Waals surface area contributed by atoms with Crippen LogP contribution in [0.3, 0.4) is 0 Å². The summed E-state index contributed by atoms with van der Waals surface area (Å²) < 4.78 is 80.7. The van der Waals surface area contributed by atoms with Crippen molar-refractivity contribution in [2.24, 2.45) is 0 Å². The van der Waals surface area contributed by atoms with Gasteiger partial charge in [0, 0.05) is 23.7 Å². The summed E-state index contributed by atoms with van der Waals surface area (Å²) in [6.07, 6.45) is 1.87. The molecule has 11 nitrogen and oxygen atoms in total. The fourth-order valence-electron chi connectivity index (χ4n) is 2.50. The number of hydrazine groups is 1. The highest BCUT2D eigenvalue weighted by Crippen LogP contribution is 2.34. The fraction of sp³-hybridized carbons (Fsp3) is 0.250. The van der Waals surface area contributed by atoms with Crippen LogP contribution in [0.4, 0.5) is 39.4 Å². The molecule has 6 N–H and O–H groups in total. The van der Waals surface area contributed by atoms with Gasteiger partial charge in [-0.25, -0.2) is 18.0 Å². The molecule has 0 aliphatic rings. The Balaban J connectivity index is 2.02. The third-order valence-corrected chi connectivity index (χ3v) is 6.39. The van der Waals surface area contributed by atoms with E-state index in [0.717, 1.165) is 24.3 Å². The number of carboxylic acid groups (broad SMARTS) is 1. The minimum atomic E-state index is -5.65. The van der Waals surface area contributed by atoms with E-state index in [-0.39, 0.29) is 22.0 Å². The molecule has 37 heavy (non-hydrogen) atoms. The van der Waals surface area contributed by atoms with Crippen LogP contribution in [0.1, 0.15) is 0 Å². The van der Waals surface area contributed by atoms with Gasteiger partial charge in [0.05, 0.1) is 10.6 Å². The first-order valence-electron chi connectivity index (χ1n) is 10.0. The number of halogens is 4. The van der Waals surface area contributed by atoms with Gasteiger partial charge in [0.15, 0.2) is 0 Å². The molecule has 0 aliphatic heterocycles. The zero-order valence-electron chi connectivity index (χ0n) is 18.8. The molecule has 202 valence electrons. The number of carbonyl (C=O) groups is 3. The molecule has 0 heterocycles. The molecule has 0 fully saturated rings. The lowest BCUT2D eigenvalue weighted by Gasteiger charge is -2.22. The molecule has 0 aromatic heterocycles. The van der Waals surface area contributed by atoms with Crippen molar-refractivity contribution in [2.75, 3.05) is 34.0 Å². The van der Waals surface area contributed by atoms with E-state index in [9.17, 15) is 40.4 Å². The molecular formula is C20H21F4N5O6S2. The number of hydrogen-bond acceptors (Lipinski definition) is 7. The van der Waals surface area contributed by atoms with Gasteiger partial charge in [-0.3, -0.25) is 20.4 Å². The first-order valence-corrected chi connectivity index (χ1v) is 12.9. The quantitative estimate of drug-likeness (QED) is 0.129. The molecule has 2 aromatic rings. The summed E-state index contributed by atoms with van der Waals surface area (Å²) in [5, 5.41) is 13.3. The summed E-state index contributed by atoms with van der Waals surface area (Å²) in [5.41, 5.74) is 3.27. The van der Waals surface area contributed by atoms with Crippen LogP contribution in [0.5, 0.6) is 0 Å². The number of alkyl halides is 4. The minimum Gasteiger partial charge on any atom is -0.477 e. The van der Waals surface area contributed by atoms with E-state index in [1.165, 1.54) is 41.5 Å². The normalized spacial score (nSPS) is 11.8. The second kappa shape index (κ2) is 12.0. The molecule has 0 aliphatic carbocycles. The Bertz CT molecular complexity index is 1250. The first kappa shape index (κ1) is 29.5. The number of aliphatic carboxylic acids is 1. The van der Waals surface area contributed by atoms with Gasteiger partial charge >= 0.3 is 29.8 Å². The maximum absolute atomic E-state index is 13.4. The summed E-state index contributed by atoms with van der Waals surface area (Å²) in [6.45, 7) is 0.415. The van der Waals surface area contributed by atoms with Crippen LogP contribution < -0.4 is 26.2 Å². The van der Waals surface area contributed by atoms with E-state index in [1.54, 1.807) is 0 Å². The van der Waals surface area contributed by atoms with Gasteiger partial charge in [0.2, 0.25) is 0 Å². The Labute approximate surface area is 212 Å². The molecule has 0 spiro atoms. The van der Waals surface area contributed by atoms with Crippen molar-refractivity contribution in [1.29, 1.82) is 0 Å². The lowest BCUT2D eigenvalue weighted by atomic mass is 10.1. The molecule has 3 amide bonds. The van der Waals surface area contributed by atoms with Crippen LogP contribution in [-0.2, 0) is 19.6 Å². The Hall–Kier alpha value is -3.73. The average molecular weight is 568 g/mol. The number of hydrogen-bond donors (Lipinski definition) is 6. The number of nitrogens with one attached hydrogen (secondary N) is 5. The molecule has 0 saturated heterocycles. The van der Waals surface area contributed by atoms with Gasteiger partial charge in [-0.15, -0.1) is 0 Å². The SMILES string of the molecule is CSCCNC(=O)Nc1cccc(S(=O)(=O)Nc2ccc(NNC(=O)C(F)(F)C(F)(F)C(=O)O)cc2)c1. The number of benzene rings is 2. The number of urea groups is 1. The summed E-state index contributed by atoms with van der Waals surface area (Å²) in [7, 11) is -4.13. The molecule has 17 heteroatoms. The van der Waals surface area contributed by atoms with Crippen molar-refractivity contribution in [3.63, 3.8) is 0 Å². The van der Waals surface area contributed by atoms with E-state index >= 15 is 0 Å². The van der Waals surface area contributed by atoms with Crippen LogP contribution in [0.15, 0.2) is 53.4 Å². The predicted octanol–water partition coefficient (Wildman–Crippen LogP) is 2.77. The number of amides is 3. The van der Waals surface area contributed by atoms with Crippen molar-refractivity contribution < 1.29 is 45.5 Å². The summed E-state index contributed by atoms with van der Waals surface area (Å²) >= 11 is 1.53. The van der Waals surface area contributed by atoms with Crippen LogP contribution in [-0.4, -0.2) is 61.8 Å². The van der Waals surface area contributed by atoms with Crippen LogP contribution in [0.25, 0.3) is 0 Å². The fourth-order valence-corrected chi connectivity index (χ4v) is 3.91. The maximum atomic E-state index is 13.4. The van der Waals surface area contributed by atoms with Gasteiger partial charge in [0.25, 0.3) is 10.0 Å². The van der Waals surface area contributed by atoms with Gasteiger partial charge < -0.3 is 15.7 Å². The van der Waals surface area contributed by atoms with E-state index in [1.807, 2.05) is 11.7 Å². The first-order chi connectivity index (χ1) is 17.2. The van der Waals surface area contributed by atoms with Gasteiger partial charge in [-0.1, -0.05) is 6.07 Å². The second-order valence-corrected chi connectivity index (χ2v) is 9.79.